The first-order chi connectivity index (χ1) is 9.40. The van der Waals surface area contributed by atoms with Crippen molar-refractivity contribution < 1.29 is 9.47 Å². The lowest BCUT2D eigenvalue weighted by molar-refractivity contribution is 0.202. The van der Waals surface area contributed by atoms with Gasteiger partial charge in [-0.1, -0.05) is 19.1 Å². The number of hydrogen-bond donors (Lipinski definition) is 1. The van der Waals surface area contributed by atoms with Gasteiger partial charge in [-0.05, 0) is 44.9 Å². The lowest BCUT2D eigenvalue weighted by Crippen LogP contribution is -2.39. The van der Waals surface area contributed by atoms with Crippen LogP contribution in [-0.4, -0.2) is 32.4 Å². The molecule has 0 radical (unpaired) electrons. The minimum absolute atomic E-state index is 0.164. The number of nitrogens with one attached hydrogen (secondary N) is 1. The summed E-state index contributed by atoms with van der Waals surface area (Å²) in [7, 11) is 1.73. The van der Waals surface area contributed by atoms with E-state index in [0.29, 0.717) is 5.92 Å². The maximum atomic E-state index is 5.82. The first kappa shape index (κ1) is 17.0. The molecule has 0 aliphatic rings. The van der Waals surface area contributed by atoms with Crippen molar-refractivity contribution in [2.45, 2.75) is 39.7 Å². The second kappa shape index (κ2) is 8.28. The van der Waals surface area contributed by atoms with Gasteiger partial charge in [0.2, 0.25) is 0 Å². The van der Waals surface area contributed by atoms with Gasteiger partial charge < -0.3 is 14.8 Å². The van der Waals surface area contributed by atoms with Crippen molar-refractivity contribution >= 4 is 0 Å². The van der Waals surface area contributed by atoms with Gasteiger partial charge in [-0.25, -0.2) is 0 Å². The maximum Gasteiger partial charge on any atom is 0.119 e. The minimum Gasteiger partial charge on any atom is -0.493 e. The van der Waals surface area contributed by atoms with Gasteiger partial charge in [0.25, 0.3) is 0 Å². The summed E-state index contributed by atoms with van der Waals surface area (Å²) in [6.45, 7) is 11.2. The molecule has 0 aliphatic carbocycles. The number of hydrogen-bond acceptors (Lipinski definition) is 3. The number of benzene rings is 1. The maximum absolute atomic E-state index is 5.82. The Morgan fingerprint density at radius 1 is 1.15 bits per heavy atom. The van der Waals surface area contributed by atoms with Crippen molar-refractivity contribution in [3.8, 4) is 5.75 Å². The third-order valence-electron chi connectivity index (χ3n) is 3.03. The van der Waals surface area contributed by atoms with Crippen molar-refractivity contribution in [3.63, 3.8) is 0 Å². The van der Waals surface area contributed by atoms with E-state index in [0.717, 1.165) is 31.9 Å². The average molecular weight is 279 g/mol. The predicted octanol–water partition coefficient (Wildman–Crippen LogP) is 3.28. The monoisotopic (exact) mass is 279 g/mol. The van der Waals surface area contributed by atoms with Crippen LogP contribution in [0.15, 0.2) is 24.3 Å². The summed E-state index contributed by atoms with van der Waals surface area (Å²) >= 11 is 0. The molecule has 1 unspecified atom stereocenters. The largest absolute Gasteiger partial charge is 0.493 e. The van der Waals surface area contributed by atoms with E-state index in [-0.39, 0.29) is 5.54 Å². The summed E-state index contributed by atoms with van der Waals surface area (Å²) in [6, 6.07) is 8.28. The molecular formula is C17H29NO2. The van der Waals surface area contributed by atoms with E-state index in [2.05, 4.69) is 45.1 Å². The average Bonchev–Trinajstić information content (AvgIpc) is 2.41. The van der Waals surface area contributed by atoms with Crippen molar-refractivity contribution in [1.29, 1.82) is 0 Å². The van der Waals surface area contributed by atoms with Crippen LogP contribution in [-0.2, 0) is 11.2 Å². The molecule has 0 aliphatic heterocycles. The quantitative estimate of drug-likeness (QED) is 0.792. The molecule has 1 aromatic carbocycles. The first-order valence-electron chi connectivity index (χ1n) is 7.36. The molecule has 3 heteroatoms. The highest BCUT2D eigenvalue weighted by Crippen LogP contribution is 2.14. The Labute approximate surface area is 123 Å². The molecule has 0 spiro atoms. The molecule has 0 amide bonds. The smallest absolute Gasteiger partial charge is 0.119 e. The summed E-state index contributed by atoms with van der Waals surface area (Å²) in [6.07, 6.45) is 0.947. The van der Waals surface area contributed by atoms with E-state index in [9.17, 15) is 0 Å². The third-order valence-corrected chi connectivity index (χ3v) is 3.03. The number of ether oxygens (including phenoxy) is 2. The molecule has 0 fully saturated rings. The van der Waals surface area contributed by atoms with Crippen molar-refractivity contribution in [3.05, 3.63) is 29.8 Å². The van der Waals surface area contributed by atoms with Crippen LogP contribution >= 0.6 is 0 Å². The topological polar surface area (TPSA) is 30.5 Å². The second-order valence-electron chi connectivity index (χ2n) is 6.43. The zero-order valence-electron chi connectivity index (χ0n) is 13.5. The molecule has 0 heterocycles. The van der Waals surface area contributed by atoms with Crippen LogP contribution in [0, 0.1) is 5.92 Å². The molecule has 0 bridgehead atoms. The molecule has 0 aromatic heterocycles. The van der Waals surface area contributed by atoms with E-state index in [1.54, 1.807) is 7.11 Å². The molecule has 20 heavy (non-hydrogen) atoms. The van der Waals surface area contributed by atoms with E-state index in [1.165, 1.54) is 5.56 Å². The highest BCUT2D eigenvalue weighted by Gasteiger charge is 2.11. The fourth-order valence-electron chi connectivity index (χ4n) is 1.75. The molecule has 0 saturated heterocycles. The van der Waals surface area contributed by atoms with Gasteiger partial charge in [-0.15, -0.1) is 0 Å². The van der Waals surface area contributed by atoms with E-state index >= 15 is 0 Å². The van der Waals surface area contributed by atoms with Crippen LogP contribution in [0.1, 0.15) is 33.3 Å². The van der Waals surface area contributed by atoms with E-state index in [1.807, 2.05) is 12.1 Å². The normalized spacial score (nSPS) is 13.2. The molecule has 1 atom stereocenters. The molecular weight excluding hydrogens is 250 g/mol. The zero-order chi connectivity index (χ0) is 15.0. The van der Waals surface area contributed by atoms with Gasteiger partial charge in [-0.3, -0.25) is 0 Å². The summed E-state index contributed by atoms with van der Waals surface area (Å²) < 4.78 is 10.9. The third kappa shape index (κ3) is 7.51. The van der Waals surface area contributed by atoms with Gasteiger partial charge in [-0.2, -0.15) is 0 Å². The Bertz CT molecular complexity index is 368. The Kier molecular flexibility index (Phi) is 7.03. The van der Waals surface area contributed by atoms with Crippen molar-refractivity contribution in [2.75, 3.05) is 26.9 Å². The molecule has 1 rings (SSSR count). The van der Waals surface area contributed by atoms with Crippen LogP contribution in [0.2, 0.25) is 0 Å². The summed E-state index contributed by atoms with van der Waals surface area (Å²) in [5, 5.41) is 3.50. The Morgan fingerprint density at radius 3 is 2.35 bits per heavy atom. The summed E-state index contributed by atoms with van der Waals surface area (Å²) in [5.74, 6) is 1.43. The molecule has 114 valence electrons. The van der Waals surface area contributed by atoms with Crippen LogP contribution in [0.3, 0.4) is 0 Å². The number of rotatable bonds is 8. The Hall–Kier alpha value is -1.06. The van der Waals surface area contributed by atoms with Gasteiger partial charge >= 0.3 is 0 Å². The fourth-order valence-corrected chi connectivity index (χ4v) is 1.75. The summed E-state index contributed by atoms with van der Waals surface area (Å²) in [5.41, 5.74) is 1.44. The SMILES string of the molecule is COCCc1ccc(OCC(C)CNC(C)(C)C)cc1. The van der Waals surface area contributed by atoms with Crippen LogP contribution in [0.4, 0.5) is 0 Å². The first-order valence-corrected chi connectivity index (χ1v) is 7.36. The summed E-state index contributed by atoms with van der Waals surface area (Å²) in [4.78, 5) is 0. The molecule has 1 aromatic rings. The van der Waals surface area contributed by atoms with E-state index < -0.39 is 0 Å². The van der Waals surface area contributed by atoms with Crippen molar-refractivity contribution in [1.82, 2.24) is 5.32 Å². The highest BCUT2D eigenvalue weighted by atomic mass is 16.5. The van der Waals surface area contributed by atoms with Gasteiger partial charge in [0.15, 0.2) is 0 Å². The van der Waals surface area contributed by atoms with Crippen LogP contribution in [0.25, 0.3) is 0 Å². The van der Waals surface area contributed by atoms with E-state index in [4.69, 9.17) is 9.47 Å². The van der Waals surface area contributed by atoms with Crippen LogP contribution < -0.4 is 10.1 Å². The van der Waals surface area contributed by atoms with Gasteiger partial charge in [0, 0.05) is 25.1 Å². The lowest BCUT2D eigenvalue weighted by atomic mass is 10.1. The Balaban J connectivity index is 2.30. The fraction of sp³-hybridized carbons (Fsp3) is 0.647. The molecule has 1 N–H and O–H groups in total. The highest BCUT2D eigenvalue weighted by molar-refractivity contribution is 5.27. The second-order valence-corrected chi connectivity index (χ2v) is 6.43. The predicted molar refractivity (Wildman–Crippen MR) is 84.4 cm³/mol. The van der Waals surface area contributed by atoms with Crippen LogP contribution in [0.5, 0.6) is 5.75 Å². The zero-order valence-corrected chi connectivity index (χ0v) is 13.5. The molecule has 0 saturated carbocycles. The standard InChI is InChI=1S/C17H29NO2/c1-14(12-18-17(2,3)4)13-20-16-8-6-15(7-9-16)10-11-19-5/h6-9,14,18H,10-13H2,1-5H3. The minimum atomic E-state index is 0.164. The van der Waals surface area contributed by atoms with Crippen molar-refractivity contribution in [2.24, 2.45) is 5.92 Å². The Morgan fingerprint density at radius 2 is 1.80 bits per heavy atom. The molecule has 3 nitrogen and oxygen atoms in total. The van der Waals surface area contributed by atoms with Gasteiger partial charge in [0.05, 0.1) is 13.2 Å². The lowest BCUT2D eigenvalue weighted by Gasteiger charge is -2.23. The number of methoxy groups -OCH3 is 1. The van der Waals surface area contributed by atoms with Gasteiger partial charge in [0.1, 0.15) is 5.75 Å².